The van der Waals surface area contributed by atoms with Crippen LogP contribution in [0.2, 0.25) is 0 Å². The lowest BCUT2D eigenvalue weighted by molar-refractivity contribution is -0.137. The number of thioether (sulfide) groups is 1. The standard InChI is InChI=1S/C25H21FO2S/c1-29-22-9-6-18(7-10-22)17-4-2-16(3-5-17)12-19-13-20(14-25(27)28)24-15-21(26)8-11-23(19)24/h2-12,15,20H,13-14H2,1H3,(H,27,28)/b19-12+. The normalized spacial score (nSPS) is 16.8. The third kappa shape index (κ3) is 4.28. The van der Waals surface area contributed by atoms with Crippen LogP contribution in [0.15, 0.2) is 71.6 Å². The first-order valence-electron chi connectivity index (χ1n) is 9.50. The molecule has 4 heteroatoms. The number of halogens is 1. The van der Waals surface area contributed by atoms with Crippen LogP contribution in [0.5, 0.6) is 0 Å². The highest BCUT2D eigenvalue weighted by Crippen LogP contribution is 2.44. The van der Waals surface area contributed by atoms with Crippen LogP contribution in [0.3, 0.4) is 0 Å². The van der Waals surface area contributed by atoms with Crippen LogP contribution in [0.1, 0.15) is 35.4 Å². The van der Waals surface area contributed by atoms with Gasteiger partial charge in [0, 0.05) is 4.90 Å². The van der Waals surface area contributed by atoms with Gasteiger partial charge in [-0.1, -0.05) is 48.5 Å². The van der Waals surface area contributed by atoms with E-state index >= 15 is 0 Å². The summed E-state index contributed by atoms with van der Waals surface area (Å²) in [5.74, 6) is -1.36. The largest absolute Gasteiger partial charge is 0.481 e. The van der Waals surface area contributed by atoms with E-state index in [1.54, 1.807) is 17.8 Å². The van der Waals surface area contributed by atoms with E-state index in [1.807, 2.05) is 0 Å². The first-order valence-corrected chi connectivity index (χ1v) is 10.7. The van der Waals surface area contributed by atoms with E-state index in [4.69, 9.17) is 0 Å². The van der Waals surface area contributed by atoms with Crippen molar-refractivity contribution >= 4 is 29.4 Å². The molecule has 0 saturated heterocycles. The van der Waals surface area contributed by atoms with E-state index in [1.165, 1.54) is 22.6 Å². The molecule has 1 N–H and O–H groups in total. The summed E-state index contributed by atoms with van der Waals surface area (Å²) in [6.45, 7) is 0. The van der Waals surface area contributed by atoms with Gasteiger partial charge in [0.1, 0.15) is 5.82 Å². The van der Waals surface area contributed by atoms with Crippen molar-refractivity contribution in [2.24, 2.45) is 0 Å². The SMILES string of the molecule is CSc1ccc(-c2ccc(/C=C3\CC(CC(=O)O)c4cc(F)ccc43)cc2)cc1. The molecule has 0 fully saturated rings. The molecular weight excluding hydrogens is 383 g/mol. The number of fused-ring (bicyclic) bond motifs is 1. The molecule has 0 bridgehead atoms. The number of aliphatic carboxylic acids is 1. The van der Waals surface area contributed by atoms with Crippen LogP contribution in [0, 0.1) is 5.82 Å². The molecule has 0 heterocycles. The van der Waals surface area contributed by atoms with E-state index in [-0.39, 0.29) is 18.2 Å². The number of hydrogen-bond acceptors (Lipinski definition) is 2. The molecule has 4 rings (SSSR count). The van der Waals surface area contributed by atoms with Crippen molar-refractivity contribution in [2.75, 3.05) is 6.26 Å². The van der Waals surface area contributed by atoms with Gasteiger partial charge in [-0.2, -0.15) is 0 Å². The maximum absolute atomic E-state index is 13.7. The molecular formula is C25H21FO2S. The maximum atomic E-state index is 13.7. The van der Waals surface area contributed by atoms with E-state index in [0.29, 0.717) is 6.42 Å². The molecule has 0 spiro atoms. The lowest BCUT2D eigenvalue weighted by Gasteiger charge is -2.07. The predicted octanol–water partition coefficient (Wildman–Crippen LogP) is 6.72. The molecule has 29 heavy (non-hydrogen) atoms. The van der Waals surface area contributed by atoms with Gasteiger partial charge in [0.05, 0.1) is 6.42 Å². The smallest absolute Gasteiger partial charge is 0.303 e. The minimum atomic E-state index is -0.858. The number of hydrogen-bond donors (Lipinski definition) is 1. The molecule has 1 unspecified atom stereocenters. The van der Waals surface area contributed by atoms with Gasteiger partial charge in [-0.05, 0) is 76.3 Å². The summed E-state index contributed by atoms with van der Waals surface area (Å²) < 4.78 is 13.7. The first-order chi connectivity index (χ1) is 14.0. The Bertz CT molecular complexity index is 1070. The van der Waals surface area contributed by atoms with Gasteiger partial charge >= 0.3 is 5.97 Å². The van der Waals surface area contributed by atoms with Crippen molar-refractivity contribution in [2.45, 2.75) is 23.7 Å². The molecule has 0 amide bonds. The maximum Gasteiger partial charge on any atom is 0.303 e. The monoisotopic (exact) mass is 404 g/mol. The van der Waals surface area contributed by atoms with Crippen molar-refractivity contribution in [3.05, 3.63) is 89.2 Å². The predicted molar refractivity (Wildman–Crippen MR) is 118 cm³/mol. The third-order valence-corrected chi connectivity index (χ3v) is 6.11. The molecule has 3 aromatic carbocycles. The topological polar surface area (TPSA) is 37.3 Å². The second-order valence-corrected chi connectivity index (χ2v) is 8.13. The minimum Gasteiger partial charge on any atom is -0.481 e. The van der Waals surface area contributed by atoms with E-state index in [9.17, 15) is 14.3 Å². The molecule has 146 valence electrons. The zero-order valence-electron chi connectivity index (χ0n) is 16.1. The van der Waals surface area contributed by atoms with Gasteiger partial charge in [-0.25, -0.2) is 4.39 Å². The van der Waals surface area contributed by atoms with Crippen LogP contribution >= 0.6 is 11.8 Å². The Hall–Kier alpha value is -2.85. The zero-order chi connectivity index (χ0) is 20.4. The Labute approximate surface area is 174 Å². The summed E-state index contributed by atoms with van der Waals surface area (Å²) in [7, 11) is 0. The van der Waals surface area contributed by atoms with E-state index < -0.39 is 5.97 Å². The third-order valence-electron chi connectivity index (χ3n) is 5.36. The summed E-state index contributed by atoms with van der Waals surface area (Å²) >= 11 is 1.72. The lowest BCUT2D eigenvalue weighted by Crippen LogP contribution is -2.03. The van der Waals surface area contributed by atoms with Crippen LogP contribution < -0.4 is 0 Å². The van der Waals surface area contributed by atoms with Crippen LogP contribution in [-0.4, -0.2) is 17.3 Å². The average Bonchev–Trinajstić information content (AvgIpc) is 3.04. The highest BCUT2D eigenvalue weighted by atomic mass is 32.2. The number of allylic oxidation sites excluding steroid dienone is 1. The summed E-state index contributed by atoms with van der Waals surface area (Å²) in [6.07, 6.45) is 4.77. The summed E-state index contributed by atoms with van der Waals surface area (Å²) in [6, 6.07) is 21.5. The number of carboxylic acid groups (broad SMARTS) is 1. The van der Waals surface area contributed by atoms with Gasteiger partial charge < -0.3 is 5.11 Å². The summed E-state index contributed by atoms with van der Waals surface area (Å²) in [5.41, 5.74) is 6.18. The molecule has 0 saturated carbocycles. The highest BCUT2D eigenvalue weighted by molar-refractivity contribution is 7.98. The average molecular weight is 405 g/mol. The summed E-state index contributed by atoms with van der Waals surface area (Å²) in [5, 5.41) is 9.20. The summed E-state index contributed by atoms with van der Waals surface area (Å²) in [4.78, 5) is 12.5. The van der Waals surface area contributed by atoms with Gasteiger partial charge in [0.2, 0.25) is 0 Å². The number of rotatable bonds is 5. The number of carboxylic acids is 1. The number of carbonyl (C=O) groups is 1. The Morgan fingerprint density at radius 3 is 2.34 bits per heavy atom. The molecule has 0 aromatic heterocycles. The van der Waals surface area contributed by atoms with Crippen molar-refractivity contribution in [3.8, 4) is 11.1 Å². The van der Waals surface area contributed by atoms with Crippen molar-refractivity contribution < 1.29 is 14.3 Å². The van der Waals surface area contributed by atoms with E-state index in [2.05, 4.69) is 60.9 Å². The minimum absolute atomic E-state index is 0.0127. The van der Waals surface area contributed by atoms with Crippen LogP contribution in [-0.2, 0) is 4.79 Å². The quantitative estimate of drug-likeness (QED) is 0.480. The molecule has 1 aliphatic rings. The van der Waals surface area contributed by atoms with E-state index in [0.717, 1.165) is 27.8 Å². The van der Waals surface area contributed by atoms with Crippen molar-refractivity contribution in [3.63, 3.8) is 0 Å². The van der Waals surface area contributed by atoms with Gasteiger partial charge in [0.25, 0.3) is 0 Å². The van der Waals surface area contributed by atoms with Gasteiger partial charge in [0.15, 0.2) is 0 Å². The molecule has 3 aromatic rings. The molecule has 0 radical (unpaired) electrons. The van der Waals surface area contributed by atoms with Crippen molar-refractivity contribution in [1.29, 1.82) is 0 Å². The fourth-order valence-electron chi connectivity index (χ4n) is 3.94. The van der Waals surface area contributed by atoms with Gasteiger partial charge in [-0.3, -0.25) is 4.79 Å². The van der Waals surface area contributed by atoms with Gasteiger partial charge in [-0.15, -0.1) is 11.8 Å². The fraction of sp³-hybridized carbons (Fsp3) is 0.160. The Kier molecular flexibility index (Phi) is 5.54. The Morgan fingerprint density at radius 2 is 1.72 bits per heavy atom. The molecule has 1 aliphatic carbocycles. The number of benzene rings is 3. The highest BCUT2D eigenvalue weighted by Gasteiger charge is 2.28. The van der Waals surface area contributed by atoms with Crippen LogP contribution in [0.4, 0.5) is 4.39 Å². The van der Waals surface area contributed by atoms with Crippen molar-refractivity contribution in [1.82, 2.24) is 0 Å². The Morgan fingerprint density at radius 1 is 1.07 bits per heavy atom. The molecule has 0 aliphatic heterocycles. The zero-order valence-corrected chi connectivity index (χ0v) is 16.9. The molecule has 2 nitrogen and oxygen atoms in total. The lowest BCUT2D eigenvalue weighted by atomic mass is 9.98. The second kappa shape index (κ2) is 8.26. The second-order valence-electron chi connectivity index (χ2n) is 7.25. The molecule has 1 atom stereocenters. The van der Waals surface area contributed by atoms with Crippen LogP contribution in [0.25, 0.3) is 22.8 Å². The Balaban J connectivity index is 1.61. The fourth-order valence-corrected chi connectivity index (χ4v) is 4.34. The first kappa shape index (κ1) is 19.5.